The number of rotatable bonds is 4. The lowest BCUT2D eigenvalue weighted by atomic mass is 9.99. The summed E-state index contributed by atoms with van der Waals surface area (Å²) in [6.07, 6.45) is 1.88. The maximum atomic E-state index is 11.7. The number of hydrogen-bond acceptors (Lipinski definition) is 4. The van der Waals surface area contributed by atoms with Crippen molar-refractivity contribution in [3.05, 3.63) is 83.6 Å². The minimum atomic E-state index is -0.629. The second-order valence-corrected chi connectivity index (χ2v) is 7.46. The van der Waals surface area contributed by atoms with Crippen LogP contribution in [0.15, 0.2) is 73.1 Å². The second kappa shape index (κ2) is 7.35. The molecule has 0 aliphatic carbocycles. The quantitative estimate of drug-likeness (QED) is 0.488. The number of nitrogens with zero attached hydrogens (tertiary/aromatic N) is 2. The van der Waals surface area contributed by atoms with E-state index in [1.165, 1.54) is 0 Å². The third-order valence-electron chi connectivity index (χ3n) is 5.28. The fraction of sp³-hybridized carbons (Fsp3) is 0.130. The predicted octanol–water partition coefficient (Wildman–Crippen LogP) is 4.99. The molecule has 5 nitrogen and oxygen atoms in total. The summed E-state index contributed by atoms with van der Waals surface area (Å²) in [6, 6.07) is 21.9. The Balaban J connectivity index is 1.55. The highest BCUT2D eigenvalue weighted by Gasteiger charge is 2.35. The standard InChI is InChI=1S/C23H18ClN3O2/c24-18-6-2-4-16(10-18)15-3-1-5-17(9-15)22-13-29-23(12-28)27(22)19-7-8-20-21(11-19)26-14-25-20/h1-12,14,22-23H,13H2,(H,25,26). The number of nitrogens with one attached hydrogen (secondary N) is 1. The Morgan fingerprint density at radius 3 is 2.72 bits per heavy atom. The van der Waals surface area contributed by atoms with Crippen LogP contribution in [0.5, 0.6) is 0 Å². The van der Waals surface area contributed by atoms with Crippen molar-refractivity contribution in [1.29, 1.82) is 0 Å². The molecule has 1 aromatic heterocycles. The van der Waals surface area contributed by atoms with E-state index in [1.807, 2.05) is 53.4 Å². The maximum absolute atomic E-state index is 11.7. The molecule has 4 aromatic rings. The number of carbonyl (C=O) groups is 1. The highest BCUT2D eigenvalue weighted by Crippen LogP contribution is 2.37. The van der Waals surface area contributed by atoms with Crippen LogP contribution in [0.2, 0.25) is 5.02 Å². The van der Waals surface area contributed by atoms with Gasteiger partial charge in [-0.05, 0) is 53.1 Å². The molecule has 2 unspecified atom stereocenters. The molecule has 29 heavy (non-hydrogen) atoms. The number of H-pyrrole nitrogens is 1. The topological polar surface area (TPSA) is 58.2 Å². The molecular formula is C23H18ClN3O2. The van der Waals surface area contributed by atoms with Crippen molar-refractivity contribution in [2.45, 2.75) is 12.3 Å². The first-order valence-electron chi connectivity index (χ1n) is 9.37. The summed E-state index contributed by atoms with van der Waals surface area (Å²) in [7, 11) is 0. The lowest BCUT2D eigenvalue weighted by molar-refractivity contribution is -0.115. The second-order valence-electron chi connectivity index (χ2n) is 7.02. The summed E-state index contributed by atoms with van der Waals surface area (Å²) >= 11 is 6.17. The van der Waals surface area contributed by atoms with Gasteiger partial charge in [0.2, 0.25) is 0 Å². The molecule has 1 aliphatic heterocycles. The number of aldehydes is 1. The molecular weight excluding hydrogens is 386 g/mol. The smallest absolute Gasteiger partial charge is 0.187 e. The van der Waals surface area contributed by atoms with Gasteiger partial charge in [0, 0.05) is 10.7 Å². The van der Waals surface area contributed by atoms with Crippen molar-refractivity contribution in [3.8, 4) is 11.1 Å². The minimum Gasteiger partial charge on any atom is -0.349 e. The monoisotopic (exact) mass is 403 g/mol. The van der Waals surface area contributed by atoms with E-state index in [1.54, 1.807) is 6.33 Å². The van der Waals surface area contributed by atoms with E-state index in [-0.39, 0.29) is 6.04 Å². The normalized spacial score (nSPS) is 19.0. The molecule has 0 bridgehead atoms. The summed E-state index contributed by atoms with van der Waals surface area (Å²) < 4.78 is 5.81. The van der Waals surface area contributed by atoms with E-state index >= 15 is 0 Å². The summed E-state index contributed by atoms with van der Waals surface area (Å²) in [5.41, 5.74) is 5.92. The van der Waals surface area contributed by atoms with Crippen molar-refractivity contribution in [2.24, 2.45) is 0 Å². The Morgan fingerprint density at radius 2 is 1.90 bits per heavy atom. The van der Waals surface area contributed by atoms with Crippen LogP contribution >= 0.6 is 11.6 Å². The van der Waals surface area contributed by atoms with Gasteiger partial charge >= 0.3 is 0 Å². The molecule has 5 rings (SSSR count). The molecule has 0 amide bonds. The van der Waals surface area contributed by atoms with E-state index in [2.05, 4.69) is 28.2 Å². The zero-order valence-corrected chi connectivity index (χ0v) is 16.2. The van der Waals surface area contributed by atoms with Gasteiger partial charge in [-0.2, -0.15) is 0 Å². The first kappa shape index (κ1) is 17.9. The Bertz CT molecular complexity index is 1190. The number of aromatic amines is 1. The van der Waals surface area contributed by atoms with Crippen molar-refractivity contribution < 1.29 is 9.53 Å². The molecule has 0 radical (unpaired) electrons. The number of ether oxygens (including phenoxy) is 1. The highest BCUT2D eigenvalue weighted by molar-refractivity contribution is 6.30. The van der Waals surface area contributed by atoms with Crippen LogP contribution in [0.3, 0.4) is 0 Å². The molecule has 1 aliphatic rings. The van der Waals surface area contributed by atoms with Crippen LogP contribution in [-0.4, -0.2) is 29.1 Å². The average molecular weight is 404 g/mol. The number of aromatic nitrogens is 2. The fourth-order valence-corrected chi connectivity index (χ4v) is 4.08. The predicted molar refractivity (Wildman–Crippen MR) is 114 cm³/mol. The van der Waals surface area contributed by atoms with E-state index in [4.69, 9.17) is 16.3 Å². The number of imidazole rings is 1. The SMILES string of the molecule is O=CC1OCC(c2cccc(-c3cccc(Cl)c3)c2)N1c1ccc2nc[nH]c2c1. The molecule has 2 heterocycles. The van der Waals surface area contributed by atoms with Gasteiger partial charge in [0.05, 0.1) is 30.0 Å². The van der Waals surface area contributed by atoms with Gasteiger partial charge in [-0.1, -0.05) is 41.9 Å². The minimum absolute atomic E-state index is 0.0790. The molecule has 3 aromatic carbocycles. The fourth-order valence-electron chi connectivity index (χ4n) is 3.89. The number of hydrogen-bond donors (Lipinski definition) is 1. The molecule has 0 spiro atoms. The zero-order valence-electron chi connectivity index (χ0n) is 15.5. The van der Waals surface area contributed by atoms with Crippen LogP contribution in [0.1, 0.15) is 11.6 Å². The van der Waals surface area contributed by atoms with Gasteiger partial charge in [-0.3, -0.25) is 4.79 Å². The molecule has 0 saturated carbocycles. The summed E-state index contributed by atoms with van der Waals surface area (Å²) in [5, 5.41) is 0.701. The molecule has 144 valence electrons. The van der Waals surface area contributed by atoms with Crippen molar-refractivity contribution >= 4 is 34.6 Å². The molecule has 6 heteroatoms. The van der Waals surface area contributed by atoms with Gasteiger partial charge < -0.3 is 14.6 Å². The average Bonchev–Trinajstić information content (AvgIpc) is 3.40. The third-order valence-corrected chi connectivity index (χ3v) is 5.52. The largest absolute Gasteiger partial charge is 0.349 e. The molecule has 1 saturated heterocycles. The first-order chi connectivity index (χ1) is 14.2. The summed E-state index contributed by atoms with van der Waals surface area (Å²) in [4.78, 5) is 21.1. The van der Waals surface area contributed by atoms with Crippen molar-refractivity contribution in [2.75, 3.05) is 11.5 Å². The number of halogens is 1. The van der Waals surface area contributed by atoms with Crippen molar-refractivity contribution in [1.82, 2.24) is 9.97 Å². The van der Waals surface area contributed by atoms with Gasteiger partial charge in [0.15, 0.2) is 12.5 Å². The Kier molecular flexibility index (Phi) is 4.54. The maximum Gasteiger partial charge on any atom is 0.187 e. The Hall–Kier alpha value is -3.15. The van der Waals surface area contributed by atoms with Crippen LogP contribution in [0.25, 0.3) is 22.2 Å². The van der Waals surface area contributed by atoms with Gasteiger partial charge in [-0.15, -0.1) is 0 Å². The molecule has 1 fully saturated rings. The first-order valence-corrected chi connectivity index (χ1v) is 9.75. The number of benzene rings is 3. The van der Waals surface area contributed by atoms with Crippen LogP contribution < -0.4 is 4.90 Å². The number of anilines is 1. The number of carbonyl (C=O) groups excluding carboxylic acids is 1. The van der Waals surface area contributed by atoms with E-state index in [0.717, 1.165) is 39.7 Å². The van der Waals surface area contributed by atoms with Crippen LogP contribution in [0, 0.1) is 0 Å². The van der Waals surface area contributed by atoms with Crippen LogP contribution in [0.4, 0.5) is 5.69 Å². The van der Waals surface area contributed by atoms with Gasteiger partial charge in [0.1, 0.15) is 0 Å². The van der Waals surface area contributed by atoms with Gasteiger partial charge in [0.25, 0.3) is 0 Å². The Labute approximate surface area is 172 Å². The van der Waals surface area contributed by atoms with Crippen molar-refractivity contribution in [3.63, 3.8) is 0 Å². The molecule has 2 atom stereocenters. The van der Waals surface area contributed by atoms with E-state index in [9.17, 15) is 4.79 Å². The summed E-state index contributed by atoms with van der Waals surface area (Å²) in [6.45, 7) is 0.434. The molecule has 1 N–H and O–H groups in total. The van der Waals surface area contributed by atoms with Gasteiger partial charge in [-0.25, -0.2) is 4.98 Å². The zero-order chi connectivity index (χ0) is 19.8. The lowest BCUT2D eigenvalue weighted by Gasteiger charge is -2.28. The number of fused-ring (bicyclic) bond motifs is 1. The highest BCUT2D eigenvalue weighted by atomic mass is 35.5. The third kappa shape index (κ3) is 3.28. The Morgan fingerprint density at radius 1 is 1.07 bits per heavy atom. The van der Waals surface area contributed by atoms with E-state index < -0.39 is 6.23 Å². The lowest BCUT2D eigenvalue weighted by Crippen LogP contribution is -2.33. The summed E-state index contributed by atoms with van der Waals surface area (Å²) in [5.74, 6) is 0. The van der Waals surface area contributed by atoms with Crippen LogP contribution in [-0.2, 0) is 9.53 Å². The van der Waals surface area contributed by atoms with E-state index in [0.29, 0.717) is 11.6 Å².